The Morgan fingerprint density at radius 1 is 1.03 bits per heavy atom. The molecule has 174 valence electrons. The maximum absolute atomic E-state index is 13.1. The zero-order valence-corrected chi connectivity index (χ0v) is 19.1. The Hall–Kier alpha value is -3.26. The number of carbonyl (C=O) groups is 1. The standard InChI is InChI=1S/C25H30FN5O2/c1-18(2)17-31-25(33)22-6-4-3-5-21(22)23(28-31)24(32)27-11-12-29-13-15-30(16-14-29)20-9-7-19(26)8-10-20/h3-10,18H,11-17H2,1-2H3,(H,27,32). The van der Waals surface area contributed by atoms with Gasteiger partial charge in [-0.1, -0.05) is 32.0 Å². The van der Waals surface area contributed by atoms with E-state index in [9.17, 15) is 14.0 Å². The molecule has 1 amide bonds. The molecule has 0 radical (unpaired) electrons. The summed E-state index contributed by atoms with van der Waals surface area (Å²) < 4.78 is 14.5. The minimum atomic E-state index is -0.270. The number of fused-ring (bicyclic) bond motifs is 1. The quantitative estimate of drug-likeness (QED) is 0.598. The molecule has 1 fully saturated rings. The highest BCUT2D eigenvalue weighted by Crippen LogP contribution is 2.17. The Bertz CT molecular complexity index is 1170. The molecule has 3 aromatic rings. The van der Waals surface area contributed by atoms with E-state index in [1.54, 1.807) is 30.3 Å². The third kappa shape index (κ3) is 5.39. The summed E-state index contributed by atoms with van der Waals surface area (Å²) in [6.07, 6.45) is 0. The van der Waals surface area contributed by atoms with Crippen LogP contribution in [0.25, 0.3) is 10.8 Å². The molecule has 8 heteroatoms. The van der Waals surface area contributed by atoms with E-state index in [2.05, 4.69) is 20.2 Å². The fraction of sp³-hybridized carbons (Fsp3) is 0.400. The predicted molar refractivity (Wildman–Crippen MR) is 128 cm³/mol. The van der Waals surface area contributed by atoms with Crippen molar-refractivity contribution in [1.82, 2.24) is 20.0 Å². The molecule has 0 aliphatic carbocycles. The number of halogens is 1. The van der Waals surface area contributed by atoms with Crippen molar-refractivity contribution in [2.24, 2.45) is 5.92 Å². The van der Waals surface area contributed by atoms with E-state index >= 15 is 0 Å². The number of anilines is 1. The van der Waals surface area contributed by atoms with E-state index in [-0.39, 0.29) is 28.9 Å². The fourth-order valence-corrected chi connectivity index (χ4v) is 4.17. The summed E-state index contributed by atoms with van der Waals surface area (Å²) in [7, 11) is 0. The van der Waals surface area contributed by atoms with Crippen molar-refractivity contribution in [3.63, 3.8) is 0 Å². The number of rotatable bonds is 7. The summed E-state index contributed by atoms with van der Waals surface area (Å²) in [6.45, 7) is 9.15. The van der Waals surface area contributed by atoms with Gasteiger partial charge in [0.1, 0.15) is 5.82 Å². The number of carbonyl (C=O) groups excluding carboxylic acids is 1. The van der Waals surface area contributed by atoms with Gasteiger partial charge in [0.15, 0.2) is 5.69 Å². The van der Waals surface area contributed by atoms with Gasteiger partial charge in [0, 0.05) is 56.9 Å². The lowest BCUT2D eigenvalue weighted by atomic mass is 10.1. The average molecular weight is 452 g/mol. The molecule has 2 aromatic carbocycles. The first-order valence-electron chi connectivity index (χ1n) is 11.4. The Morgan fingerprint density at radius 2 is 1.70 bits per heavy atom. The number of hydrogen-bond donors (Lipinski definition) is 1. The summed E-state index contributed by atoms with van der Waals surface area (Å²) in [5, 5.41) is 8.46. The molecule has 0 spiro atoms. The van der Waals surface area contributed by atoms with Crippen LogP contribution < -0.4 is 15.8 Å². The van der Waals surface area contributed by atoms with Crippen molar-refractivity contribution in [3.8, 4) is 0 Å². The van der Waals surface area contributed by atoms with Gasteiger partial charge in [-0.2, -0.15) is 5.10 Å². The van der Waals surface area contributed by atoms with Gasteiger partial charge in [-0.05, 0) is 36.2 Å². The van der Waals surface area contributed by atoms with Crippen LogP contribution >= 0.6 is 0 Å². The van der Waals surface area contributed by atoms with E-state index in [0.29, 0.717) is 23.9 Å². The number of benzene rings is 2. The Morgan fingerprint density at radius 3 is 2.36 bits per heavy atom. The number of aromatic nitrogens is 2. The van der Waals surface area contributed by atoms with Crippen molar-refractivity contribution in [2.75, 3.05) is 44.2 Å². The topological polar surface area (TPSA) is 70.5 Å². The molecule has 1 N–H and O–H groups in total. The zero-order valence-electron chi connectivity index (χ0n) is 19.1. The van der Waals surface area contributed by atoms with Gasteiger partial charge in [0.2, 0.25) is 0 Å². The van der Waals surface area contributed by atoms with Crippen molar-refractivity contribution in [1.29, 1.82) is 0 Å². The van der Waals surface area contributed by atoms with Gasteiger partial charge in [-0.3, -0.25) is 14.5 Å². The summed E-state index contributed by atoms with van der Waals surface area (Å²) in [5.74, 6) is -0.260. The maximum atomic E-state index is 13.1. The number of hydrogen-bond acceptors (Lipinski definition) is 5. The van der Waals surface area contributed by atoms with Gasteiger partial charge in [0.05, 0.1) is 5.39 Å². The summed E-state index contributed by atoms with van der Waals surface area (Å²) in [4.78, 5) is 30.2. The Labute approximate surface area is 192 Å². The molecule has 1 aliphatic heterocycles. The largest absolute Gasteiger partial charge is 0.369 e. The molecule has 7 nitrogen and oxygen atoms in total. The molecule has 0 atom stereocenters. The van der Waals surface area contributed by atoms with E-state index in [1.807, 2.05) is 19.9 Å². The van der Waals surface area contributed by atoms with Gasteiger partial charge in [-0.25, -0.2) is 9.07 Å². The van der Waals surface area contributed by atoms with E-state index < -0.39 is 0 Å². The first kappa shape index (κ1) is 22.9. The average Bonchev–Trinajstić information content (AvgIpc) is 2.81. The predicted octanol–water partition coefficient (Wildman–Crippen LogP) is 2.74. The highest BCUT2D eigenvalue weighted by atomic mass is 19.1. The van der Waals surface area contributed by atoms with Crippen LogP contribution in [0.3, 0.4) is 0 Å². The fourth-order valence-electron chi connectivity index (χ4n) is 4.17. The van der Waals surface area contributed by atoms with Crippen LogP contribution in [0, 0.1) is 11.7 Å². The summed E-state index contributed by atoms with van der Waals surface area (Å²) in [6, 6.07) is 13.7. The lowest BCUT2D eigenvalue weighted by molar-refractivity contribution is 0.0942. The molecule has 2 heterocycles. The molecule has 0 bridgehead atoms. The molecule has 1 saturated heterocycles. The van der Waals surface area contributed by atoms with Crippen LogP contribution in [-0.2, 0) is 6.54 Å². The van der Waals surface area contributed by atoms with Crippen LogP contribution in [0.5, 0.6) is 0 Å². The highest BCUT2D eigenvalue weighted by molar-refractivity contribution is 6.04. The lowest BCUT2D eigenvalue weighted by Gasteiger charge is -2.36. The van der Waals surface area contributed by atoms with Gasteiger partial charge < -0.3 is 10.2 Å². The molecular weight excluding hydrogens is 421 g/mol. The molecule has 1 aromatic heterocycles. The second kappa shape index (κ2) is 10.1. The normalized spacial score (nSPS) is 14.7. The zero-order chi connectivity index (χ0) is 23.4. The first-order chi connectivity index (χ1) is 15.9. The SMILES string of the molecule is CC(C)Cn1nc(C(=O)NCCN2CCN(c3ccc(F)cc3)CC2)c2ccccc2c1=O. The van der Waals surface area contributed by atoms with Gasteiger partial charge >= 0.3 is 0 Å². The smallest absolute Gasteiger partial charge is 0.274 e. The van der Waals surface area contributed by atoms with Gasteiger partial charge in [0.25, 0.3) is 11.5 Å². The lowest BCUT2D eigenvalue weighted by Crippen LogP contribution is -2.48. The second-order valence-corrected chi connectivity index (χ2v) is 8.84. The van der Waals surface area contributed by atoms with E-state index in [4.69, 9.17) is 0 Å². The monoisotopic (exact) mass is 451 g/mol. The molecule has 4 rings (SSSR count). The van der Waals surface area contributed by atoms with Crippen LogP contribution in [0.2, 0.25) is 0 Å². The van der Waals surface area contributed by atoms with E-state index in [1.165, 1.54) is 16.8 Å². The van der Waals surface area contributed by atoms with Crippen molar-refractivity contribution < 1.29 is 9.18 Å². The minimum Gasteiger partial charge on any atom is -0.369 e. The molecule has 1 aliphatic rings. The van der Waals surface area contributed by atoms with Crippen molar-refractivity contribution >= 4 is 22.4 Å². The minimum absolute atomic E-state index is 0.171. The highest BCUT2D eigenvalue weighted by Gasteiger charge is 2.19. The van der Waals surface area contributed by atoms with Crippen molar-refractivity contribution in [2.45, 2.75) is 20.4 Å². The molecular formula is C25H30FN5O2. The molecule has 33 heavy (non-hydrogen) atoms. The Kier molecular flexibility index (Phi) is 7.03. The summed E-state index contributed by atoms with van der Waals surface area (Å²) >= 11 is 0. The third-order valence-electron chi connectivity index (χ3n) is 5.90. The number of piperazine rings is 1. The van der Waals surface area contributed by atoms with E-state index in [0.717, 1.165) is 38.4 Å². The van der Waals surface area contributed by atoms with Crippen LogP contribution in [0.1, 0.15) is 24.3 Å². The number of nitrogens with zero attached hydrogens (tertiary/aromatic N) is 4. The third-order valence-corrected chi connectivity index (χ3v) is 5.90. The molecule has 0 saturated carbocycles. The number of nitrogens with one attached hydrogen (secondary N) is 1. The number of amides is 1. The molecule has 0 unspecified atom stereocenters. The maximum Gasteiger partial charge on any atom is 0.274 e. The van der Waals surface area contributed by atoms with Crippen LogP contribution in [0.15, 0.2) is 53.3 Å². The van der Waals surface area contributed by atoms with Crippen molar-refractivity contribution in [3.05, 3.63) is 70.4 Å². The Balaban J connectivity index is 1.36. The summed E-state index contributed by atoms with van der Waals surface area (Å²) in [5.41, 5.74) is 1.14. The first-order valence-corrected chi connectivity index (χ1v) is 11.4. The van der Waals surface area contributed by atoms with Crippen LogP contribution in [0.4, 0.5) is 10.1 Å². The van der Waals surface area contributed by atoms with Crippen LogP contribution in [-0.4, -0.2) is 59.9 Å². The second-order valence-electron chi connectivity index (χ2n) is 8.84. The van der Waals surface area contributed by atoms with Gasteiger partial charge in [-0.15, -0.1) is 0 Å².